The zero-order valence-corrected chi connectivity index (χ0v) is 15.7. The van der Waals surface area contributed by atoms with E-state index in [1.54, 1.807) is 0 Å². The lowest BCUT2D eigenvalue weighted by molar-refractivity contribution is 0.0697. The summed E-state index contributed by atoms with van der Waals surface area (Å²) in [5, 5.41) is 15.4. The van der Waals surface area contributed by atoms with Crippen molar-refractivity contribution in [2.45, 2.75) is 10.6 Å². The summed E-state index contributed by atoms with van der Waals surface area (Å²) in [5.41, 5.74) is 8.43. The average Bonchev–Trinajstić information content (AvgIpc) is 2.72. The third-order valence-corrected chi connectivity index (χ3v) is 5.05. The molecular formula is C20H14F2N4O2S. The maximum absolute atomic E-state index is 15.2. The molecule has 0 aromatic heterocycles. The molecule has 0 atom stereocenters. The van der Waals surface area contributed by atoms with Crippen molar-refractivity contribution in [3.8, 4) is 0 Å². The first kappa shape index (κ1) is 20.2. The molecule has 2 N–H and O–H groups in total. The Hall–Kier alpha value is -3.55. The van der Waals surface area contributed by atoms with Crippen molar-refractivity contribution in [2.24, 2.45) is 5.11 Å². The van der Waals surface area contributed by atoms with E-state index in [1.165, 1.54) is 24.3 Å². The number of azide groups is 1. The van der Waals surface area contributed by atoms with Gasteiger partial charge in [0.1, 0.15) is 5.82 Å². The summed E-state index contributed by atoms with van der Waals surface area (Å²) in [6.45, 7) is 0. The Bertz CT molecular complexity index is 1100. The number of nitrogens with one attached hydrogen (secondary N) is 1. The van der Waals surface area contributed by atoms with Crippen LogP contribution in [0.2, 0.25) is 0 Å². The molecule has 0 aliphatic carbocycles. The first-order valence-electron chi connectivity index (χ1n) is 8.34. The fourth-order valence-corrected chi connectivity index (χ4v) is 3.57. The lowest BCUT2D eigenvalue weighted by atomic mass is 10.1. The predicted molar refractivity (Wildman–Crippen MR) is 108 cm³/mol. The predicted octanol–water partition coefficient (Wildman–Crippen LogP) is 6.64. The van der Waals surface area contributed by atoms with E-state index in [2.05, 4.69) is 15.3 Å². The molecule has 0 radical (unpaired) electrons. The van der Waals surface area contributed by atoms with Crippen LogP contribution in [-0.2, 0) is 5.75 Å². The van der Waals surface area contributed by atoms with E-state index in [4.69, 9.17) is 5.53 Å². The number of aromatic carboxylic acids is 1. The van der Waals surface area contributed by atoms with Crippen molar-refractivity contribution in [1.29, 1.82) is 0 Å². The van der Waals surface area contributed by atoms with Gasteiger partial charge in [0.05, 0.1) is 22.6 Å². The largest absolute Gasteiger partial charge is 0.478 e. The van der Waals surface area contributed by atoms with E-state index in [0.717, 1.165) is 23.4 Å². The molecule has 3 aromatic carbocycles. The second kappa shape index (κ2) is 9.09. The van der Waals surface area contributed by atoms with Gasteiger partial charge in [-0.2, -0.15) is 0 Å². The number of para-hydroxylation sites is 1. The molecule has 0 saturated heterocycles. The SMILES string of the molecule is [N-]=[N+]=Nc1c(SCc2ccccc2)cc(C(=O)O)c(Nc2ccccc2F)c1F. The van der Waals surface area contributed by atoms with E-state index < -0.39 is 28.9 Å². The van der Waals surface area contributed by atoms with Gasteiger partial charge in [-0.15, -0.1) is 11.8 Å². The smallest absolute Gasteiger partial charge is 0.337 e. The monoisotopic (exact) mass is 412 g/mol. The molecule has 0 amide bonds. The number of nitrogens with zero attached hydrogens (tertiary/aromatic N) is 3. The Balaban J connectivity index is 2.07. The fraction of sp³-hybridized carbons (Fsp3) is 0.0500. The summed E-state index contributed by atoms with van der Waals surface area (Å²) >= 11 is 1.13. The molecule has 0 aliphatic rings. The van der Waals surface area contributed by atoms with Gasteiger partial charge in [-0.1, -0.05) is 47.6 Å². The van der Waals surface area contributed by atoms with Crippen molar-refractivity contribution < 1.29 is 18.7 Å². The lowest BCUT2D eigenvalue weighted by Gasteiger charge is -2.16. The van der Waals surface area contributed by atoms with Crippen LogP contribution in [0.25, 0.3) is 10.4 Å². The van der Waals surface area contributed by atoms with E-state index in [1.807, 2.05) is 30.3 Å². The zero-order valence-electron chi connectivity index (χ0n) is 14.8. The molecular weight excluding hydrogens is 398 g/mol. The maximum Gasteiger partial charge on any atom is 0.337 e. The van der Waals surface area contributed by atoms with E-state index >= 15 is 4.39 Å². The molecule has 0 bridgehead atoms. The number of carbonyl (C=O) groups is 1. The van der Waals surface area contributed by atoms with Crippen LogP contribution < -0.4 is 5.32 Å². The van der Waals surface area contributed by atoms with Gasteiger partial charge in [0.15, 0.2) is 5.82 Å². The molecule has 3 rings (SSSR count). The highest BCUT2D eigenvalue weighted by Gasteiger charge is 2.22. The van der Waals surface area contributed by atoms with Crippen LogP contribution in [0.5, 0.6) is 0 Å². The molecule has 6 nitrogen and oxygen atoms in total. The van der Waals surface area contributed by atoms with E-state index in [0.29, 0.717) is 5.75 Å². The quantitative estimate of drug-likeness (QED) is 0.197. The van der Waals surface area contributed by atoms with Gasteiger partial charge >= 0.3 is 5.97 Å². The Morgan fingerprint density at radius 1 is 1.14 bits per heavy atom. The van der Waals surface area contributed by atoms with Crippen molar-refractivity contribution in [3.63, 3.8) is 0 Å². The fourth-order valence-electron chi connectivity index (χ4n) is 2.59. The number of carboxylic acids is 1. The normalized spacial score (nSPS) is 10.3. The van der Waals surface area contributed by atoms with Crippen LogP contribution >= 0.6 is 11.8 Å². The molecule has 0 spiro atoms. The van der Waals surface area contributed by atoms with Crippen molar-refractivity contribution in [1.82, 2.24) is 0 Å². The van der Waals surface area contributed by atoms with Crippen molar-refractivity contribution >= 4 is 34.8 Å². The van der Waals surface area contributed by atoms with Crippen LogP contribution in [-0.4, -0.2) is 11.1 Å². The molecule has 0 heterocycles. The highest BCUT2D eigenvalue weighted by molar-refractivity contribution is 7.98. The van der Waals surface area contributed by atoms with Crippen molar-refractivity contribution in [2.75, 3.05) is 5.32 Å². The average molecular weight is 412 g/mol. The molecule has 0 saturated carbocycles. The topological polar surface area (TPSA) is 98.1 Å². The van der Waals surface area contributed by atoms with Crippen LogP contribution in [0.3, 0.4) is 0 Å². The Labute approximate surface area is 168 Å². The number of thioether (sulfide) groups is 1. The minimum Gasteiger partial charge on any atom is -0.478 e. The number of benzene rings is 3. The number of rotatable bonds is 7. The highest BCUT2D eigenvalue weighted by Crippen LogP contribution is 2.41. The number of carboxylic acid groups (broad SMARTS) is 1. The van der Waals surface area contributed by atoms with Crippen LogP contribution in [0.4, 0.5) is 25.8 Å². The number of hydrogen-bond acceptors (Lipinski definition) is 4. The van der Waals surface area contributed by atoms with Crippen molar-refractivity contribution in [3.05, 3.63) is 93.9 Å². The van der Waals surface area contributed by atoms with Gasteiger partial charge in [-0.05, 0) is 29.3 Å². The summed E-state index contributed by atoms with van der Waals surface area (Å²) in [7, 11) is 0. The Kier molecular flexibility index (Phi) is 6.33. The van der Waals surface area contributed by atoms with Gasteiger partial charge in [-0.3, -0.25) is 0 Å². The molecule has 146 valence electrons. The molecule has 0 unspecified atom stereocenters. The van der Waals surface area contributed by atoms with Gasteiger partial charge in [0, 0.05) is 15.6 Å². The lowest BCUT2D eigenvalue weighted by Crippen LogP contribution is -2.07. The summed E-state index contributed by atoms with van der Waals surface area (Å²) in [6, 6.07) is 15.9. The zero-order chi connectivity index (χ0) is 20.8. The minimum absolute atomic E-state index is 0.106. The number of anilines is 2. The van der Waals surface area contributed by atoms with Crippen LogP contribution in [0, 0.1) is 11.6 Å². The van der Waals surface area contributed by atoms with Crippen LogP contribution in [0.1, 0.15) is 15.9 Å². The second-order valence-corrected chi connectivity index (χ2v) is 6.85. The first-order valence-corrected chi connectivity index (χ1v) is 9.33. The number of halogens is 2. The highest BCUT2D eigenvalue weighted by atomic mass is 32.2. The summed E-state index contributed by atoms with van der Waals surface area (Å²) < 4.78 is 29.1. The minimum atomic E-state index is -1.41. The second-order valence-electron chi connectivity index (χ2n) is 5.83. The van der Waals surface area contributed by atoms with Gasteiger partial charge in [0.25, 0.3) is 0 Å². The molecule has 3 aromatic rings. The molecule has 0 aliphatic heterocycles. The molecule has 9 heteroatoms. The standard InChI is InChI=1S/C20H14F2N4O2S/c21-14-8-4-5-9-15(14)24-18-13(20(27)28)10-16(19(17(18)22)25-26-23)29-11-12-6-2-1-3-7-12/h1-10,24H,11H2,(H,27,28). The first-order chi connectivity index (χ1) is 14.0. The van der Waals surface area contributed by atoms with Gasteiger partial charge in [-0.25, -0.2) is 13.6 Å². The summed E-state index contributed by atoms with van der Waals surface area (Å²) in [5.74, 6) is -2.75. The third kappa shape index (κ3) is 4.66. The summed E-state index contributed by atoms with van der Waals surface area (Å²) in [6.07, 6.45) is 0. The Morgan fingerprint density at radius 3 is 2.48 bits per heavy atom. The van der Waals surface area contributed by atoms with Gasteiger partial charge < -0.3 is 10.4 Å². The summed E-state index contributed by atoms with van der Waals surface area (Å²) in [4.78, 5) is 14.5. The van der Waals surface area contributed by atoms with E-state index in [-0.39, 0.29) is 16.3 Å². The molecule has 29 heavy (non-hydrogen) atoms. The number of hydrogen-bond donors (Lipinski definition) is 2. The third-order valence-electron chi connectivity index (χ3n) is 3.95. The van der Waals surface area contributed by atoms with Gasteiger partial charge in [0.2, 0.25) is 0 Å². The maximum atomic E-state index is 15.2. The van der Waals surface area contributed by atoms with E-state index in [9.17, 15) is 14.3 Å². The molecule has 0 fully saturated rings. The Morgan fingerprint density at radius 2 is 1.83 bits per heavy atom. The van der Waals surface area contributed by atoms with Crippen LogP contribution in [0.15, 0.2) is 70.7 Å².